The van der Waals surface area contributed by atoms with Crippen molar-refractivity contribution in [3.8, 4) is 0 Å². The zero-order valence-electron chi connectivity index (χ0n) is 11.6. The van der Waals surface area contributed by atoms with Crippen LogP contribution in [0.4, 0.5) is 0 Å². The standard InChI is InChI=1S/C17H18O2/c1-4-19-17(18)10-13(3)14-7-8-15-9-12(2)5-6-16(15)11-14/h5-11H,4H2,1-3H3/b13-10+. The summed E-state index contributed by atoms with van der Waals surface area (Å²) in [5, 5.41) is 2.40. The first-order chi connectivity index (χ1) is 9.10. The lowest BCUT2D eigenvalue weighted by molar-refractivity contribution is -0.137. The van der Waals surface area contributed by atoms with Crippen LogP contribution in [0.2, 0.25) is 0 Å². The monoisotopic (exact) mass is 254 g/mol. The van der Waals surface area contributed by atoms with Gasteiger partial charge in [-0.1, -0.05) is 35.9 Å². The molecule has 0 spiro atoms. The fourth-order valence-corrected chi connectivity index (χ4v) is 2.05. The topological polar surface area (TPSA) is 26.3 Å². The molecule has 2 aromatic carbocycles. The van der Waals surface area contributed by atoms with Crippen molar-refractivity contribution in [2.45, 2.75) is 20.8 Å². The van der Waals surface area contributed by atoms with Crippen molar-refractivity contribution < 1.29 is 9.53 Å². The van der Waals surface area contributed by atoms with Crippen molar-refractivity contribution >= 4 is 22.3 Å². The molecule has 19 heavy (non-hydrogen) atoms. The number of rotatable bonds is 3. The molecule has 0 fully saturated rings. The minimum atomic E-state index is -0.288. The molecule has 0 bridgehead atoms. The Bertz CT molecular complexity index is 639. The molecule has 0 unspecified atom stereocenters. The summed E-state index contributed by atoms with van der Waals surface area (Å²) in [7, 11) is 0. The van der Waals surface area contributed by atoms with Crippen LogP contribution in [0.1, 0.15) is 25.0 Å². The van der Waals surface area contributed by atoms with E-state index in [1.165, 1.54) is 16.3 Å². The van der Waals surface area contributed by atoms with Gasteiger partial charge >= 0.3 is 5.97 Å². The highest BCUT2D eigenvalue weighted by atomic mass is 16.5. The van der Waals surface area contributed by atoms with E-state index in [1.54, 1.807) is 13.0 Å². The van der Waals surface area contributed by atoms with Crippen molar-refractivity contribution in [1.29, 1.82) is 0 Å². The van der Waals surface area contributed by atoms with Crippen LogP contribution in [0, 0.1) is 6.92 Å². The van der Waals surface area contributed by atoms with Crippen molar-refractivity contribution in [3.05, 3.63) is 53.6 Å². The van der Waals surface area contributed by atoms with Crippen LogP contribution in [0.25, 0.3) is 16.3 Å². The Labute approximate surface area is 113 Å². The summed E-state index contributed by atoms with van der Waals surface area (Å²) >= 11 is 0. The van der Waals surface area contributed by atoms with Crippen molar-refractivity contribution in [2.24, 2.45) is 0 Å². The van der Waals surface area contributed by atoms with Gasteiger partial charge in [0.2, 0.25) is 0 Å². The molecule has 2 heteroatoms. The second-order valence-electron chi connectivity index (χ2n) is 4.64. The van der Waals surface area contributed by atoms with Crippen molar-refractivity contribution in [1.82, 2.24) is 0 Å². The van der Waals surface area contributed by atoms with Gasteiger partial charge in [0, 0.05) is 6.08 Å². The van der Waals surface area contributed by atoms with E-state index in [0.29, 0.717) is 6.61 Å². The van der Waals surface area contributed by atoms with E-state index < -0.39 is 0 Å². The Morgan fingerprint density at radius 1 is 1.16 bits per heavy atom. The fourth-order valence-electron chi connectivity index (χ4n) is 2.05. The van der Waals surface area contributed by atoms with Gasteiger partial charge < -0.3 is 4.74 Å². The summed E-state index contributed by atoms with van der Waals surface area (Å²) < 4.78 is 4.92. The molecule has 0 amide bonds. The lowest BCUT2D eigenvalue weighted by Gasteiger charge is -2.05. The summed E-state index contributed by atoms with van der Waals surface area (Å²) in [5.41, 5.74) is 3.21. The molecule has 0 aliphatic rings. The maximum atomic E-state index is 11.4. The van der Waals surface area contributed by atoms with Crippen molar-refractivity contribution in [3.63, 3.8) is 0 Å². The predicted molar refractivity (Wildman–Crippen MR) is 79.0 cm³/mol. The van der Waals surface area contributed by atoms with Gasteiger partial charge in [-0.15, -0.1) is 0 Å². The van der Waals surface area contributed by atoms with Gasteiger partial charge in [-0.3, -0.25) is 0 Å². The highest BCUT2D eigenvalue weighted by molar-refractivity contribution is 5.93. The Morgan fingerprint density at radius 3 is 2.58 bits per heavy atom. The first kappa shape index (κ1) is 13.3. The zero-order chi connectivity index (χ0) is 13.8. The zero-order valence-corrected chi connectivity index (χ0v) is 11.6. The van der Waals surface area contributed by atoms with Gasteiger partial charge in [-0.2, -0.15) is 0 Å². The Hall–Kier alpha value is -2.09. The van der Waals surface area contributed by atoms with Gasteiger partial charge in [-0.25, -0.2) is 4.79 Å². The lowest BCUT2D eigenvalue weighted by Crippen LogP contribution is -2.00. The van der Waals surface area contributed by atoms with E-state index in [9.17, 15) is 4.79 Å². The van der Waals surface area contributed by atoms with Crippen LogP contribution < -0.4 is 0 Å². The van der Waals surface area contributed by atoms with Crippen LogP contribution >= 0.6 is 0 Å². The number of ether oxygens (including phenoxy) is 1. The number of aryl methyl sites for hydroxylation is 1. The average Bonchev–Trinajstić information content (AvgIpc) is 2.38. The Kier molecular flexibility index (Phi) is 4.00. The lowest BCUT2D eigenvalue weighted by atomic mass is 10.0. The number of hydrogen-bond acceptors (Lipinski definition) is 2. The van der Waals surface area contributed by atoms with Crippen LogP contribution in [0.5, 0.6) is 0 Å². The molecule has 0 aromatic heterocycles. The van der Waals surface area contributed by atoms with E-state index in [1.807, 2.05) is 13.0 Å². The van der Waals surface area contributed by atoms with E-state index in [4.69, 9.17) is 4.74 Å². The molecule has 0 atom stereocenters. The van der Waals surface area contributed by atoms with Gasteiger partial charge in [0.05, 0.1) is 6.61 Å². The van der Waals surface area contributed by atoms with Crippen LogP contribution in [-0.2, 0) is 9.53 Å². The smallest absolute Gasteiger partial charge is 0.331 e. The SMILES string of the molecule is CCOC(=O)/C=C(\C)c1ccc2cc(C)ccc2c1. The molecule has 2 rings (SSSR count). The summed E-state index contributed by atoms with van der Waals surface area (Å²) in [6.45, 7) is 6.21. The molecule has 0 saturated carbocycles. The normalized spacial score (nSPS) is 11.6. The number of allylic oxidation sites excluding steroid dienone is 1. The van der Waals surface area contributed by atoms with Crippen LogP contribution in [0.15, 0.2) is 42.5 Å². The second-order valence-corrected chi connectivity index (χ2v) is 4.64. The van der Waals surface area contributed by atoms with Gasteiger partial charge in [0.1, 0.15) is 0 Å². The predicted octanol–water partition coefficient (Wildman–Crippen LogP) is 4.11. The van der Waals surface area contributed by atoms with Gasteiger partial charge in [0.15, 0.2) is 0 Å². The van der Waals surface area contributed by atoms with Crippen molar-refractivity contribution in [2.75, 3.05) is 6.61 Å². The third-order valence-electron chi connectivity index (χ3n) is 3.07. The molecular formula is C17H18O2. The Balaban J connectivity index is 2.35. The molecule has 2 nitrogen and oxygen atoms in total. The second kappa shape index (κ2) is 5.70. The highest BCUT2D eigenvalue weighted by Gasteiger charge is 2.02. The van der Waals surface area contributed by atoms with E-state index in [2.05, 4.69) is 37.3 Å². The molecule has 98 valence electrons. The molecule has 2 aromatic rings. The summed E-state index contributed by atoms with van der Waals surface area (Å²) in [5.74, 6) is -0.288. The maximum absolute atomic E-state index is 11.4. The number of carbonyl (C=O) groups excluding carboxylic acids is 1. The molecule has 0 aliphatic carbocycles. The number of hydrogen-bond donors (Lipinski definition) is 0. The molecular weight excluding hydrogens is 236 g/mol. The molecule has 0 heterocycles. The quantitative estimate of drug-likeness (QED) is 0.608. The largest absolute Gasteiger partial charge is 0.463 e. The Morgan fingerprint density at radius 2 is 1.84 bits per heavy atom. The first-order valence-corrected chi connectivity index (χ1v) is 6.46. The molecule has 0 aliphatic heterocycles. The van der Waals surface area contributed by atoms with E-state index in [-0.39, 0.29) is 5.97 Å². The number of esters is 1. The summed E-state index contributed by atoms with van der Waals surface area (Å²) in [4.78, 5) is 11.4. The number of fused-ring (bicyclic) bond motifs is 1. The summed E-state index contributed by atoms with van der Waals surface area (Å²) in [6.07, 6.45) is 1.54. The number of benzene rings is 2. The molecule has 0 N–H and O–H groups in total. The van der Waals surface area contributed by atoms with Crippen LogP contribution in [0.3, 0.4) is 0 Å². The fraction of sp³-hybridized carbons (Fsp3) is 0.235. The third-order valence-corrected chi connectivity index (χ3v) is 3.07. The van der Waals surface area contributed by atoms with E-state index >= 15 is 0 Å². The van der Waals surface area contributed by atoms with Gasteiger partial charge in [0.25, 0.3) is 0 Å². The van der Waals surface area contributed by atoms with E-state index in [0.717, 1.165) is 11.1 Å². The average molecular weight is 254 g/mol. The van der Waals surface area contributed by atoms with Gasteiger partial charge in [-0.05, 0) is 48.7 Å². The number of carbonyl (C=O) groups is 1. The van der Waals surface area contributed by atoms with Crippen LogP contribution in [-0.4, -0.2) is 12.6 Å². The third kappa shape index (κ3) is 3.22. The molecule has 0 radical (unpaired) electrons. The minimum absolute atomic E-state index is 0.288. The maximum Gasteiger partial charge on any atom is 0.331 e. The minimum Gasteiger partial charge on any atom is -0.463 e. The first-order valence-electron chi connectivity index (χ1n) is 6.46. The molecule has 0 saturated heterocycles. The summed E-state index contributed by atoms with van der Waals surface area (Å²) in [6, 6.07) is 12.6. The highest BCUT2D eigenvalue weighted by Crippen LogP contribution is 2.22.